The van der Waals surface area contributed by atoms with Gasteiger partial charge in [0.25, 0.3) is 0 Å². The fourth-order valence-electron chi connectivity index (χ4n) is 0.980. The topological polar surface area (TPSA) is 31.0 Å². The molecule has 2 heterocycles. The lowest BCUT2D eigenvalue weighted by molar-refractivity contribution is 0.539. The van der Waals surface area contributed by atoms with Crippen molar-refractivity contribution in [2.75, 3.05) is 0 Å². The summed E-state index contributed by atoms with van der Waals surface area (Å²) in [5.41, 5.74) is 1.92. The van der Waals surface area contributed by atoms with Gasteiger partial charge in [0.05, 0.1) is 5.69 Å². The van der Waals surface area contributed by atoms with Crippen molar-refractivity contribution in [3.8, 4) is 5.69 Å². The Morgan fingerprint density at radius 2 is 2.42 bits per heavy atom. The van der Waals surface area contributed by atoms with Gasteiger partial charge in [-0.1, -0.05) is 0 Å². The maximum atomic E-state index is 5.08. The number of nitrogens with zero attached hydrogens (tertiary/aromatic N) is 2. The van der Waals surface area contributed by atoms with Gasteiger partial charge in [0.2, 0.25) is 0 Å². The first kappa shape index (κ1) is 7.61. The number of hydrogen-bond acceptors (Lipinski definition) is 2. The predicted molar refractivity (Wildman–Crippen MR) is 48.3 cm³/mol. The maximum Gasteiger partial charge on any atom is 0.171 e. The normalized spacial score (nSPS) is 10.5. The van der Waals surface area contributed by atoms with Crippen molar-refractivity contribution in [3.05, 3.63) is 35.0 Å². The van der Waals surface area contributed by atoms with Gasteiger partial charge in [-0.3, -0.25) is 0 Å². The average molecular weight is 227 g/mol. The van der Waals surface area contributed by atoms with Crippen molar-refractivity contribution in [2.24, 2.45) is 0 Å². The molecule has 2 aromatic rings. The Labute approximate surface area is 78.1 Å². The Kier molecular flexibility index (Phi) is 1.77. The monoisotopic (exact) mass is 226 g/mol. The number of hydrogen-bond donors (Lipinski definition) is 0. The van der Waals surface area contributed by atoms with E-state index in [-0.39, 0.29) is 0 Å². The highest BCUT2D eigenvalue weighted by atomic mass is 79.9. The SMILES string of the molecule is Cc1ccn(-c2coc(Br)c2)n1. The molecule has 4 heteroatoms. The molecule has 0 aromatic carbocycles. The fraction of sp³-hybridized carbons (Fsp3) is 0.125. The highest BCUT2D eigenvalue weighted by Crippen LogP contribution is 2.16. The highest BCUT2D eigenvalue weighted by molar-refractivity contribution is 9.10. The molecule has 0 amide bonds. The second-order valence-electron chi connectivity index (χ2n) is 2.51. The van der Waals surface area contributed by atoms with Gasteiger partial charge >= 0.3 is 0 Å². The Balaban J connectivity index is 2.43. The first-order valence-electron chi connectivity index (χ1n) is 3.52. The lowest BCUT2D eigenvalue weighted by Gasteiger charge is -1.91. The number of aromatic nitrogens is 2. The van der Waals surface area contributed by atoms with Crippen LogP contribution in [0.3, 0.4) is 0 Å². The van der Waals surface area contributed by atoms with E-state index in [1.165, 1.54) is 0 Å². The molecule has 2 rings (SSSR count). The molecule has 0 bridgehead atoms. The van der Waals surface area contributed by atoms with Crippen molar-refractivity contribution >= 4 is 15.9 Å². The molecule has 0 aliphatic carbocycles. The lowest BCUT2D eigenvalue weighted by atomic mass is 10.5. The van der Waals surface area contributed by atoms with E-state index in [0.717, 1.165) is 11.4 Å². The summed E-state index contributed by atoms with van der Waals surface area (Å²) in [6.45, 7) is 1.95. The highest BCUT2D eigenvalue weighted by Gasteiger charge is 2.01. The largest absolute Gasteiger partial charge is 0.455 e. The van der Waals surface area contributed by atoms with Crippen LogP contribution in [0.25, 0.3) is 5.69 Å². The molecule has 2 aromatic heterocycles. The molecular formula is C8H7BrN2O. The summed E-state index contributed by atoms with van der Waals surface area (Å²) in [5.74, 6) is 0. The first-order valence-corrected chi connectivity index (χ1v) is 4.32. The maximum absolute atomic E-state index is 5.08. The van der Waals surface area contributed by atoms with Crippen LogP contribution in [0, 0.1) is 6.92 Å². The first-order chi connectivity index (χ1) is 5.75. The molecular weight excluding hydrogens is 220 g/mol. The number of aryl methyl sites for hydroxylation is 1. The van der Waals surface area contributed by atoms with Crippen LogP contribution in [0.5, 0.6) is 0 Å². The molecule has 0 aliphatic heterocycles. The summed E-state index contributed by atoms with van der Waals surface area (Å²) in [4.78, 5) is 0. The van der Waals surface area contributed by atoms with Crippen LogP contribution in [-0.4, -0.2) is 9.78 Å². The van der Waals surface area contributed by atoms with E-state index in [2.05, 4.69) is 21.0 Å². The van der Waals surface area contributed by atoms with E-state index < -0.39 is 0 Å². The zero-order valence-electron chi connectivity index (χ0n) is 6.49. The van der Waals surface area contributed by atoms with E-state index in [0.29, 0.717) is 4.67 Å². The molecule has 0 saturated carbocycles. The molecule has 0 fully saturated rings. The summed E-state index contributed by atoms with van der Waals surface area (Å²) < 4.78 is 7.57. The average Bonchev–Trinajstić information content (AvgIpc) is 2.58. The Morgan fingerprint density at radius 3 is 2.92 bits per heavy atom. The van der Waals surface area contributed by atoms with Crippen molar-refractivity contribution in [3.63, 3.8) is 0 Å². The summed E-state index contributed by atoms with van der Waals surface area (Å²) in [6.07, 6.45) is 3.54. The van der Waals surface area contributed by atoms with Gasteiger partial charge in [-0.25, -0.2) is 4.68 Å². The molecule has 0 unspecified atom stereocenters. The third-order valence-electron chi connectivity index (χ3n) is 1.54. The van der Waals surface area contributed by atoms with Crippen molar-refractivity contribution in [1.29, 1.82) is 0 Å². The van der Waals surface area contributed by atoms with Gasteiger partial charge in [0.1, 0.15) is 12.0 Å². The van der Waals surface area contributed by atoms with Crippen molar-refractivity contribution in [1.82, 2.24) is 9.78 Å². The predicted octanol–water partition coefficient (Wildman–Crippen LogP) is 2.54. The van der Waals surface area contributed by atoms with E-state index in [4.69, 9.17) is 4.42 Å². The number of halogens is 1. The quantitative estimate of drug-likeness (QED) is 0.749. The Morgan fingerprint density at radius 1 is 1.58 bits per heavy atom. The van der Waals surface area contributed by atoms with Crippen LogP contribution < -0.4 is 0 Å². The van der Waals surface area contributed by atoms with Gasteiger partial charge in [-0.15, -0.1) is 0 Å². The van der Waals surface area contributed by atoms with E-state index in [1.54, 1.807) is 10.9 Å². The summed E-state index contributed by atoms with van der Waals surface area (Å²) in [6, 6.07) is 3.81. The summed E-state index contributed by atoms with van der Waals surface area (Å²) in [7, 11) is 0. The molecule has 0 atom stereocenters. The van der Waals surface area contributed by atoms with Crippen LogP contribution in [0.15, 0.2) is 33.7 Å². The van der Waals surface area contributed by atoms with Crippen molar-refractivity contribution < 1.29 is 4.42 Å². The van der Waals surface area contributed by atoms with Gasteiger partial charge in [-0.05, 0) is 28.9 Å². The van der Waals surface area contributed by atoms with Gasteiger partial charge in [-0.2, -0.15) is 5.10 Å². The van der Waals surface area contributed by atoms with Gasteiger partial charge < -0.3 is 4.42 Å². The van der Waals surface area contributed by atoms with Crippen LogP contribution in [0.4, 0.5) is 0 Å². The second kappa shape index (κ2) is 2.79. The molecule has 12 heavy (non-hydrogen) atoms. The Bertz CT molecular complexity index is 353. The van der Waals surface area contributed by atoms with E-state index >= 15 is 0 Å². The lowest BCUT2D eigenvalue weighted by Crippen LogP contribution is -1.91. The van der Waals surface area contributed by atoms with E-state index in [1.807, 2.05) is 25.3 Å². The van der Waals surface area contributed by atoms with Gasteiger partial charge in [0, 0.05) is 12.3 Å². The zero-order valence-corrected chi connectivity index (χ0v) is 8.08. The number of furan rings is 1. The molecule has 3 nitrogen and oxygen atoms in total. The van der Waals surface area contributed by atoms with Crippen LogP contribution in [0.1, 0.15) is 5.69 Å². The minimum Gasteiger partial charge on any atom is -0.455 e. The molecule has 62 valence electrons. The molecule has 0 N–H and O–H groups in total. The summed E-state index contributed by atoms with van der Waals surface area (Å²) in [5, 5.41) is 4.23. The Hall–Kier alpha value is -1.03. The third-order valence-corrected chi connectivity index (χ3v) is 1.96. The fourth-order valence-corrected chi connectivity index (χ4v) is 1.31. The summed E-state index contributed by atoms with van der Waals surface area (Å²) >= 11 is 3.23. The third kappa shape index (κ3) is 1.30. The van der Waals surface area contributed by atoms with Crippen molar-refractivity contribution in [2.45, 2.75) is 6.92 Å². The van der Waals surface area contributed by atoms with E-state index in [9.17, 15) is 0 Å². The van der Waals surface area contributed by atoms with Crippen LogP contribution in [0.2, 0.25) is 0 Å². The smallest absolute Gasteiger partial charge is 0.171 e. The molecule has 0 saturated heterocycles. The molecule has 0 aliphatic rings. The number of rotatable bonds is 1. The minimum absolute atomic E-state index is 0.714. The van der Waals surface area contributed by atoms with Gasteiger partial charge in [0.15, 0.2) is 4.67 Å². The standard InChI is InChI=1S/C8H7BrN2O/c1-6-2-3-11(10-6)7-4-8(9)12-5-7/h2-5H,1H3. The second-order valence-corrected chi connectivity index (χ2v) is 3.29. The molecule has 0 spiro atoms. The molecule has 0 radical (unpaired) electrons. The van der Waals surface area contributed by atoms with Crippen LogP contribution in [-0.2, 0) is 0 Å². The minimum atomic E-state index is 0.714. The zero-order chi connectivity index (χ0) is 8.55. The van der Waals surface area contributed by atoms with Crippen LogP contribution >= 0.6 is 15.9 Å².